The molecule has 52 heavy (non-hydrogen) atoms. The quantitative estimate of drug-likeness (QED) is 0.399. The van der Waals surface area contributed by atoms with Gasteiger partial charge in [-0.1, -0.05) is 41.9 Å². The number of likely N-dealkylation sites (tertiary alicyclic amines) is 2. The van der Waals surface area contributed by atoms with Gasteiger partial charge in [-0.05, 0) is 88.6 Å². The van der Waals surface area contributed by atoms with Crippen LogP contribution < -0.4 is 5.32 Å². The van der Waals surface area contributed by atoms with E-state index in [1.54, 1.807) is 9.80 Å². The Kier molecular flexibility index (Phi) is 11.8. The van der Waals surface area contributed by atoms with Gasteiger partial charge in [0, 0.05) is 88.1 Å². The highest BCUT2D eigenvalue weighted by molar-refractivity contribution is 6.31. The van der Waals surface area contributed by atoms with Crippen molar-refractivity contribution in [3.05, 3.63) is 64.2 Å². The minimum Gasteiger partial charge on any atom is -0.444 e. The van der Waals surface area contributed by atoms with Crippen LogP contribution in [0.2, 0.25) is 5.02 Å². The number of carbonyl (C=O) groups excluding carboxylic acids is 4. The molecule has 3 fully saturated rings. The lowest BCUT2D eigenvalue weighted by molar-refractivity contribution is -0.142. The number of nitrogens with zero attached hydrogens (tertiary/aromatic N) is 5. The summed E-state index contributed by atoms with van der Waals surface area (Å²) in [6.45, 7) is 12.9. The van der Waals surface area contributed by atoms with Crippen LogP contribution in [0.25, 0.3) is 0 Å². The van der Waals surface area contributed by atoms with Crippen LogP contribution in [0, 0.1) is 6.92 Å². The van der Waals surface area contributed by atoms with Crippen molar-refractivity contribution in [3.63, 3.8) is 0 Å². The molecule has 0 saturated carbocycles. The molecule has 282 valence electrons. The number of nitrogens with one attached hydrogen (secondary N) is 1. The monoisotopic (exact) mass is 736 g/mol. The highest BCUT2D eigenvalue weighted by Crippen LogP contribution is 2.27. The summed E-state index contributed by atoms with van der Waals surface area (Å²) in [5.41, 5.74) is 3.20. The summed E-state index contributed by atoms with van der Waals surface area (Å²) in [5, 5.41) is 3.65. The number of rotatable bonds is 6. The molecule has 6 rings (SSSR count). The number of ether oxygens (including phenoxy) is 2. The molecule has 3 saturated heterocycles. The van der Waals surface area contributed by atoms with Gasteiger partial charge >= 0.3 is 18.2 Å². The zero-order chi connectivity index (χ0) is 37.0. The van der Waals surface area contributed by atoms with E-state index in [1.807, 2.05) is 80.0 Å². The van der Waals surface area contributed by atoms with Gasteiger partial charge in [-0.15, -0.1) is 0 Å². The largest absolute Gasteiger partial charge is 0.444 e. The molecule has 0 radical (unpaired) electrons. The Bertz CT molecular complexity index is 1610. The van der Waals surface area contributed by atoms with E-state index in [0.717, 1.165) is 54.7 Å². The van der Waals surface area contributed by atoms with E-state index in [-0.39, 0.29) is 30.5 Å². The number of benzene rings is 2. The topological polar surface area (TPSA) is 115 Å². The number of amides is 5. The maximum Gasteiger partial charge on any atom is 0.410 e. The SMILES string of the molecule is Cc1ccc(C[C@@H](OC(=O)N2CCC(N3CCc4ccccc4NC3=O)CC2)C(=O)N2CCC(N3CCN(C(=O)OC(C)(C)C)CC3)CC2)cc1Cl. The Morgan fingerprint density at radius 2 is 1.46 bits per heavy atom. The molecule has 12 nitrogen and oxygen atoms in total. The molecular weight excluding hydrogens is 684 g/mol. The van der Waals surface area contributed by atoms with Crippen LogP contribution in [0.4, 0.5) is 20.1 Å². The van der Waals surface area contributed by atoms with Gasteiger partial charge in [0.05, 0.1) is 0 Å². The van der Waals surface area contributed by atoms with Crippen molar-refractivity contribution in [2.24, 2.45) is 0 Å². The van der Waals surface area contributed by atoms with Crippen LogP contribution in [0.15, 0.2) is 42.5 Å². The Morgan fingerprint density at radius 1 is 0.827 bits per heavy atom. The lowest BCUT2D eigenvalue weighted by atomic mass is 10.00. The number of piperazine rings is 1. The fourth-order valence-electron chi connectivity index (χ4n) is 7.70. The molecule has 4 heterocycles. The third-order valence-electron chi connectivity index (χ3n) is 10.7. The van der Waals surface area contributed by atoms with Gasteiger partial charge in [0.25, 0.3) is 5.91 Å². The van der Waals surface area contributed by atoms with Gasteiger partial charge in [-0.3, -0.25) is 9.69 Å². The van der Waals surface area contributed by atoms with Crippen LogP contribution in [0.5, 0.6) is 0 Å². The summed E-state index contributed by atoms with van der Waals surface area (Å²) >= 11 is 6.44. The van der Waals surface area contributed by atoms with Crippen molar-refractivity contribution in [1.82, 2.24) is 24.5 Å². The predicted molar refractivity (Wildman–Crippen MR) is 200 cm³/mol. The number of piperidine rings is 2. The van der Waals surface area contributed by atoms with Crippen LogP contribution in [0.1, 0.15) is 63.1 Å². The Morgan fingerprint density at radius 3 is 2.13 bits per heavy atom. The summed E-state index contributed by atoms with van der Waals surface area (Å²) < 4.78 is 11.6. The second-order valence-corrected chi connectivity index (χ2v) is 15.9. The second-order valence-electron chi connectivity index (χ2n) is 15.5. The van der Waals surface area contributed by atoms with E-state index in [9.17, 15) is 19.2 Å². The minimum atomic E-state index is -0.993. The van der Waals surface area contributed by atoms with Crippen molar-refractivity contribution >= 4 is 41.4 Å². The van der Waals surface area contributed by atoms with Gasteiger partial charge in [0.2, 0.25) is 0 Å². The number of urea groups is 1. The summed E-state index contributed by atoms with van der Waals surface area (Å²) in [6.07, 6.45) is 2.08. The summed E-state index contributed by atoms with van der Waals surface area (Å²) in [7, 11) is 0. The first kappa shape index (κ1) is 37.7. The van der Waals surface area contributed by atoms with E-state index in [1.165, 1.54) is 0 Å². The number of halogens is 1. The summed E-state index contributed by atoms with van der Waals surface area (Å²) in [6, 6.07) is 13.8. The third-order valence-corrected chi connectivity index (χ3v) is 11.1. The molecule has 1 N–H and O–H groups in total. The second kappa shape index (κ2) is 16.3. The molecule has 0 bridgehead atoms. The first-order valence-corrected chi connectivity index (χ1v) is 19.1. The van der Waals surface area contributed by atoms with Gasteiger partial charge in [-0.25, -0.2) is 14.4 Å². The van der Waals surface area contributed by atoms with Crippen LogP contribution in [0.3, 0.4) is 0 Å². The maximum atomic E-state index is 14.1. The normalized spacial score (nSPS) is 20.1. The van der Waals surface area contributed by atoms with E-state index in [4.69, 9.17) is 21.1 Å². The van der Waals surface area contributed by atoms with Gasteiger partial charge < -0.3 is 34.4 Å². The zero-order valence-electron chi connectivity index (χ0n) is 30.9. The molecular formula is C39H53ClN6O6. The molecule has 4 aliphatic rings. The Balaban J connectivity index is 1.03. The minimum absolute atomic E-state index is 0.00655. The number of carbonyl (C=O) groups is 4. The molecule has 0 aromatic heterocycles. The van der Waals surface area contributed by atoms with Gasteiger partial charge in [-0.2, -0.15) is 0 Å². The van der Waals surface area contributed by atoms with Crippen LogP contribution in [-0.4, -0.2) is 131 Å². The van der Waals surface area contributed by atoms with Crippen molar-refractivity contribution in [2.75, 3.05) is 64.2 Å². The Hall–Kier alpha value is -4.03. The fraction of sp³-hybridized carbons (Fsp3) is 0.590. The number of fused-ring (bicyclic) bond motifs is 1. The molecule has 5 amide bonds. The maximum absolute atomic E-state index is 14.1. The predicted octanol–water partition coefficient (Wildman–Crippen LogP) is 5.79. The number of hydrogen-bond acceptors (Lipinski definition) is 7. The van der Waals surface area contributed by atoms with E-state index in [2.05, 4.69) is 10.2 Å². The average molecular weight is 737 g/mol. The third kappa shape index (κ3) is 9.30. The molecule has 4 aliphatic heterocycles. The molecule has 2 aromatic rings. The molecule has 0 aliphatic carbocycles. The van der Waals surface area contributed by atoms with Crippen LogP contribution >= 0.6 is 11.6 Å². The van der Waals surface area contributed by atoms with E-state index in [0.29, 0.717) is 69.7 Å². The van der Waals surface area contributed by atoms with Crippen molar-refractivity contribution in [3.8, 4) is 0 Å². The average Bonchev–Trinajstić information content (AvgIpc) is 3.30. The van der Waals surface area contributed by atoms with E-state index < -0.39 is 17.8 Å². The molecule has 0 unspecified atom stereocenters. The van der Waals surface area contributed by atoms with Gasteiger partial charge in [0.1, 0.15) is 5.60 Å². The lowest BCUT2D eigenvalue weighted by Gasteiger charge is -2.43. The van der Waals surface area contributed by atoms with Crippen molar-refractivity contribution in [1.29, 1.82) is 0 Å². The molecule has 1 atom stereocenters. The summed E-state index contributed by atoms with van der Waals surface area (Å²) in [5.74, 6) is -0.200. The number of para-hydroxylation sites is 1. The molecule has 13 heteroatoms. The van der Waals surface area contributed by atoms with Gasteiger partial charge in [0.15, 0.2) is 6.10 Å². The van der Waals surface area contributed by atoms with E-state index >= 15 is 0 Å². The van der Waals surface area contributed by atoms with Crippen LogP contribution in [-0.2, 0) is 27.1 Å². The first-order chi connectivity index (χ1) is 24.8. The standard InChI is InChI=1S/C39H53ClN6O6/c1-27-9-10-28(25-32(27)40)26-34(35(47)43-16-12-30(13-17-43)42-21-23-45(24-22-42)38(50)52-39(2,3)4)51-37(49)44-18-14-31(15-19-44)46-20-11-29-7-5-6-8-33(29)41-36(46)48/h5-10,25,30-31,34H,11-24,26H2,1-4H3,(H,41,48)/t34-/m1/s1. The lowest BCUT2D eigenvalue weighted by Crippen LogP contribution is -2.56. The number of anilines is 1. The van der Waals surface area contributed by atoms with Crippen molar-refractivity contribution < 1.29 is 28.7 Å². The molecule has 0 spiro atoms. The van der Waals surface area contributed by atoms with Crippen molar-refractivity contribution in [2.45, 2.75) is 90.0 Å². The highest BCUT2D eigenvalue weighted by atomic mass is 35.5. The fourth-order valence-corrected chi connectivity index (χ4v) is 7.91. The summed E-state index contributed by atoms with van der Waals surface area (Å²) in [4.78, 5) is 62.9. The highest BCUT2D eigenvalue weighted by Gasteiger charge is 2.37. The Labute approximate surface area is 312 Å². The smallest absolute Gasteiger partial charge is 0.410 e. The number of aryl methyl sites for hydroxylation is 1. The first-order valence-electron chi connectivity index (χ1n) is 18.7. The number of hydrogen-bond donors (Lipinski definition) is 1. The molecule has 2 aromatic carbocycles. The zero-order valence-corrected chi connectivity index (χ0v) is 31.7.